The Kier molecular flexibility index (Phi) is 3.85. The molecule has 112 valence electrons. The molecule has 3 atom stereocenters. The van der Waals surface area contributed by atoms with E-state index in [0.29, 0.717) is 5.92 Å². The molecule has 1 aliphatic rings. The zero-order valence-corrected chi connectivity index (χ0v) is 13.1. The highest BCUT2D eigenvalue weighted by molar-refractivity contribution is 5.24. The Bertz CT molecular complexity index is 618. The van der Waals surface area contributed by atoms with Crippen LogP contribution in [0.15, 0.2) is 30.3 Å². The molecule has 3 unspecified atom stereocenters. The van der Waals surface area contributed by atoms with E-state index in [1.165, 1.54) is 16.8 Å². The number of hydrogen-bond acceptors (Lipinski definition) is 2. The first kappa shape index (κ1) is 14.3. The number of aliphatic hydroxyl groups is 1. The Labute approximate surface area is 126 Å². The Morgan fingerprint density at radius 2 is 1.81 bits per heavy atom. The number of aromatic nitrogens is 2. The molecule has 21 heavy (non-hydrogen) atoms. The van der Waals surface area contributed by atoms with Gasteiger partial charge in [0.2, 0.25) is 0 Å². The normalized spacial score (nSPS) is 26.0. The highest BCUT2D eigenvalue weighted by atomic mass is 16.3. The Morgan fingerprint density at radius 3 is 2.43 bits per heavy atom. The Balaban J connectivity index is 1.89. The summed E-state index contributed by atoms with van der Waals surface area (Å²) in [5.74, 6) is 0.517. The van der Waals surface area contributed by atoms with E-state index in [1.807, 2.05) is 6.92 Å². The lowest BCUT2D eigenvalue weighted by molar-refractivity contribution is 0.0605. The molecular formula is C18H24N2O. The van der Waals surface area contributed by atoms with Gasteiger partial charge >= 0.3 is 0 Å². The van der Waals surface area contributed by atoms with Crippen LogP contribution >= 0.6 is 0 Å². The van der Waals surface area contributed by atoms with Gasteiger partial charge in [-0.3, -0.25) is 4.68 Å². The van der Waals surface area contributed by atoms with Gasteiger partial charge in [-0.15, -0.1) is 0 Å². The first-order valence-electron chi connectivity index (χ1n) is 7.83. The predicted octanol–water partition coefficient (Wildman–Crippen LogP) is 3.68. The van der Waals surface area contributed by atoms with Crippen molar-refractivity contribution < 1.29 is 5.11 Å². The molecule has 1 aromatic carbocycles. The molecule has 2 aromatic rings. The molecule has 3 heteroatoms. The monoisotopic (exact) mass is 284 g/mol. The summed E-state index contributed by atoms with van der Waals surface area (Å²) in [7, 11) is 0. The lowest BCUT2D eigenvalue weighted by Crippen LogP contribution is -2.32. The summed E-state index contributed by atoms with van der Waals surface area (Å²) in [6, 6.07) is 10.8. The summed E-state index contributed by atoms with van der Waals surface area (Å²) in [5, 5.41) is 15.1. The van der Waals surface area contributed by atoms with Gasteiger partial charge in [0.25, 0.3) is 0 Å². The van der Waals surface area contributed by atoms with Crippen molar-refractivity contribution in [3.63, 3.8) is 0 Å². The topological polar surface area (TPSA) is 38.0 Å². The third kappa shape index (κ3) is 2.62. The second kappa shape index (κ2) is 5.64. The van der Waals surface area contributed by atoms with Gasteiger partial charge in [-0.05, 0) is 57.1 Å². The minimum atomic E-state index is -0.289. The van der Waals surface area contributed by atoms with Crippen LogP contribution in [0.2, 0.25) is 0 Å². The highest BCUT2D eigenvalue weighted by Crippen LogP contribution is 2.39. The molecule has 1 saturated carbocycles. The number of aliphatic hydroxyl groups excluding tert-OH is 1. The molecule has 0 aliphatic heterocycles. The van der Waals surface area contributed by atoms with Crippen molar-refractivity contribution >= 4 is 0 Å². The summed E-state index contributed by atoms with van der Waals surface area (Å²) in [5.41, 5.74) is 4.88. The quantitative estimate of drug-likeness (QED) is 0.913. The maximum atomic E-state index is 10.5. The third-order valence-corrected chi connectivity index (χ3v) is 5.05. The summed E-state index contributed by atoms with van der Waals surface area (Å²) in [6.07, 6.45) is 2.58. The van der Waals surface area contributed by atoms with Crippen molar-refractivity contribution in [3.8, 4) is 0 Å². The lowest BCUT2D eigenvalue weighted by atomic mass is 9.80. The van der Waals surface area contributed by atoms with Crippen molar-refractivity contribution in [2.24, 2.45) is 0 Å². The number of rotatable bonds is 2. The lowest BCUT2D eigenvalue weighted by Gasteiger charge is -2.34. The molecule has 1 fully saturated rings. The highest BCUT2D eigenvalue weighted by Gasteiger charge is 2.32. The molecule has 1 N–H and O–H groups in total. The van der Waals surface area contributed by atoms with Crippen LogP contribution in [0.1, 0.15) is 53.7 Å². The Hall–Kier alpha value is -1.61. The van der Waals surface area contributed by atoms with E-state index in [-0.39, 0.29) is 12.1 Å². The van der Waals surface area contributed by atoms with E-state index in [2.05, 4.69) is 54.0 Å². The molecule has 0 amide bonds. The molecule has 3 nitrogen and oxygen atoms in total. The molecule has 1 aliphatic carbocycles. The number of benzene rings is 1. The average molecular weight is 284 g/mol. The van der Waals surface area contributed by atoms with Crippen LogP contribution in [-0.2, 0) is 0 Å². The fourth-order valence-corrected chi connectivity index (χ4v) is 3.49. The van der Waals surface area contributed by atoms with Crippen LogP contribution in [0.5, 0.6) is 0 Å². The molecule has 0 radical (unpaired) electrons. The Morgan fingerprint density at radius 1 is 1.10 bits per heavy atom. The van der Waals surface area contributed by atoms with Gasteiger partial charge in [0.15, 0.2) is 0 Å². The van der Waals surface area contributed by atoms with Crippen molar-refractivity contribution in [1.82, 2.24) is 9.78 Å². The SMILES string of the molecule is Cc1nn(C2CC(c3ccccc3)CCC2O)c(C)c1C. The van der Waals surface area contributed by atoms with Crippen LogP contribution < -0.4 is 0 Å². The van der Waals surface area contributed by atoms with Gasteiger partial charge in [0.05, 0.1) is 17.8 Å². The van der Waals surface area contributed by atoms with Gasteiger partial charge in [-0.2, -0.15) is 5.10 Å². The fraction of sp³-hybridized carbons (Fsp3) is 0.500. The van der Waals surface area contributed by atoms with E-state index in [9.17, 15) is 5.11 Å². The van der Waals surface area contributed by atoms with E-state index in [1.54, 1.807) is 0 Å². The summed E-state index contributed by atoms with van der Waals surface area (Å²) < 4.78 is 2.06. The van der Waals surface area contributed by atoms with Gasteiger partial charge in [-0.25, -0.2) is 0 Å². The largest absolute Gasteiger partial charge is 0.391 e. The van der Waals surface area contributed by atoms with Crippen molar-refractivity contribution in [2.75, 3.05) is 0 Å². The number of nitrogens with zero attached hydrogens (tertiary/aromatic N) is 2. The maximum Gasteiger partial charge on any atom is 0.0787 e. The van der Waals surface area contributed by atoms with Crippen molar-refractivity contribution in [1.29, 1.82) is 0 Å². The summed E-state index contributed by atoms with van der Waals surface area (Å²) >= 11 is 0. The van der Waals surface area contributed by atoms with E-state index >= 15 is 0 Å². The number of aryl methyl sites for hydroxylation is 1. The summed E-state index contributed by atoms with van der Waals surface area (Å²) in [4.78, 5) is 0. The maximum absolute atomic E-state index is 10.5. The molecule has 1 heterocycles. The van der Waals surface area contributed by atoms with Crippen LogP contribution in [0.3, 0.4) is 0 Å². The molecular weight excluding hydrogens is 260 g/mol. The molecule has 0 saturated heterocycles. The standard InChI is InChI=1S/C18H24N2O/c1-12-13(2)19-20(14(12)3)17-11-16(9-10-18(17)21)15-7-5-4-6-8-15/h4-8,16-18,21H,9-11H2,1-3H3. The fourth-order valence-electron chi connectivity index (χ4n) is 3.49. The van der Waals surface area contributed by atoms with Crippen molar-refractivity contribution in [2.45, 2.75) is 58.1 Å². The molecule has 0 spiro atoms. The summed E-state index contributed by atoms with van der Waals surface area (Å²) in [6.45, 7) is 6.26. The van der Waals surface area contributed by atoms with Crippen LogP contribution in [0, 0.1) is 20.8 Å². The minimum Gasteiger partial charge on any atom is -0.391 e. The molecule has 3 rings (SSSR count). The van der Waals surface area contributed by atoms with E-state index < -0.39 is 0 Å². The molecule has 1 aromatic heterocycles. The zero-order valence-electron chi connectivity index (χ0n) is 13.1. The van der Waals surface area contributed by atoms with Crippen molar-refractivity contribution in [3.05, 3.63) is 52.8 Å². The van der Waals surface area contributed by atoms with Gasteiger partial charge in [0, 0.05) is 5.69 Å². The van der Waals surface area contributed by atoms with Gasteiger partial charge in [-0.1, -0.05) is 30.3 Å². The van der Waals surface area contributed by atoms with Gasteiger partial charge < -0.3 is 5.11 Å². The van der Waals surface area contributed by atoms with Crippen LogP contribution in [0.4, 0.5) is 0 Å². The second-order valence-corrected chi connectivity index (χ2v) is 6.30. The molecule has 0 bridgehead atoms. The van der Waals surface area contributed by atoms with E-state index in [0.717, 1.165) is 25.0 Å². The van der Waals surface area contributed by atoms with Crippen LogP contribution in [-0.4, -0.2) is 21.0 Å². The van der Waals surface area contributed by atoms with Crippen LogP contribution in [0.25, 0.3) is 0 Å². The minimum absolute atomic E-state index is 0.0938. The van der Waals surface area contributed by atoms with Gasteiger partial charge in [0.1, 0.15) is 0 Å². The number of hydrogen-bond donors (Lipinski definition) is 1. The smallest absolute Gasteiger partial charge is 0.0787 e. The predicted molar refractivity (Wildman–Crippen MR) is 84.5 cm³/mol. The average Bonchev–Trinajstić information content (AvgIpc) is 2.76. The first-order valence-corrected chi connectivity index (χ1v) is 7.83. The first-order chi connectivity index (χ1) is 10.1. The third-order valence-electron chi connectivity index (χ3n) is 5.05. The van der Waals surface area contributed by atoms with E-state index in [4.69, 9.17) is 0 Å². The second-order valence-electron chi connectivity index (χ2n) is 6.30. The zero-order chi connectivity index (χ0) is 15.0.